The van der Waals surface area contributed by atoms with Gasteiger partial charge in [0.2, 0.25) is 11.8 Å². The van der Waals surface area contributed by atoms with Gasteiger partial charge in [0.15, 0.2) is 0 Å². The van der Waals surface area contributed by atoms with E-state index in [1.807, 2.05) is 17.0 Å². The normalized spacial score (nSPS) is 22.6. The van der Waals surface area contributed by atoms with Crippen molar-refractivity contribution in [2.24, 2.45) is 5.92 Å². The first kappa shape index (κ1) is 18.2. The molecule has 2 amide bonds. The van der Waals surface area contributed by atoms with E-state index in [-0.39, 0.29) is 29.7 Å². The van der Waals surface area contributed by atoms with Gasteiger partial charge in [-0.05, 0) is 39.0 Å². The summed E-state index contributed by atoms with van der Waals surface area (Å²) in [5.74, 6) is -0.159. The molecule has 2 heterocycles. The molecule has 1 aromatic rings. The number of rotatable bonds is 2. The molecule has 0 aromatic heterocycles. The van der Waals surface area contributed by atoms with Gasteiger partial charge in [0, 0.05) is 55.4 Å². The summed E-state index contributed by atoms with van der Waals surface area (Å²) < 4.78 is 0. The van der Waals surface area contributed by atoms with Crippen LogP contribution in [0.3, 0.4) is 0 Å². The van der Waals surface area contributed by atoms with Crippen molar-refractivity contribution in [3.8, 4) is 0 Å². The maximum absolute atomic E-state index is 12.8. The number of anilines is 1. The van der Waals surface area contributed by atoms with E-state index in [4.69, 9.17) is 11.6 Å². The summed E-state index contributed by atoms with van der Waals surface area (Å²) in [7, 11) is 0. The van der Waals surface area contributed by atoms with Crippen LogP contribution in [0.15, 0.2) is 24.3 Å². The van der Waals surface area contributed by atoms with Crippen LogP contribution < -0.4 is 4.90 Å². The third kappa shape index (κ3) is 3.98. The van der Waals surface area contributed by atoms with E-state index in [9.17, 15) is 9.59 Å². The van der Waals surface area contributed by atoms with E-state index in [1.54, 1.807) is 17.0 Å². The lowest BCUT2D eigenvalue weighted by Gasteiger charge is -2.42. The Labute approximate surface area is 154 Å². The monoisotopic (exact) mass is 363 g/mol. The second-order valence-electron chi connectivity index (χ2n) is 7.87. The first-order valence-corrected chi connectivity index (χ1v) is 9.23. The van der Waals surface area contributed by atoms with E-state index >= 15 is 0 Å². The number of hydrogen-bond donors (Lipinski definition) is 0. The smallest absolute Gasteiger partial charge is 0.228 e. The molecule has 0 saturated carbocycles. The van der Waals surface area contributed by atoms with Crippen molar-refractivity contribution in [2.45, 2.75) is 32.7 Å². The number of hydrogen-bond acceptors (Lipinski definition) is 3. The fraction of sp³-hybridized carbons (Fsp3) is 0.579. The third-order valence-electron chi connectivity index (χ3n) is 5.13. The molecule has 2 saturated heterocycles. The standard InChI is InChI=1S/C19H26ClN3O2/c1-19(2,3)22-9-7-21(8-10-22)18(25)14-11-17(24)23(13-14)16-6-4-5-15(20)12-16/h4-6,12,14H,7-11,13H2,1-3H3. The lowest BCUT2D eigenvalue weighted by molar-refractivity contribution is -0.138. The molecular weight excluding hydrogens is 338 g/mol. The molecule has 136 valence electrons. The zero-order chi connectivity index (χ0) is 18.2. The lowest BCUT2D eigenvalue weighted by atomic mass is 10.0. The molecule has 1 aromatic carbocycles. The zero-order valence-electron chi connectivity index (χ0n) is 15.2. The summed E-state index contributed by atoms with van der Waals surface area (Å²) in [4.78, 5) is 31.2. The average molecular weight is 364 g/mol. The summed E-state index contributed by atoms with van der Waals surface area (Å²) in [6.45, 7) is 10.3. The minimum Gasteiger partial charge on any atom is -0.340 e. The number of halogens is 1. The second kappa shape index (κ2) is 6.96. The summed E-state index contributed by atoms with van der Waals surface area (Å²) in [6.07, 6.45) is 0.283. The van der Waals surface area contributed by atoms with Crippen LogP contribution in [0.1, 0.15) is 27.2 Å². The van der Waals surface area contributed by atoms with E-state index < -0.39 is 0 Å². The highest BCUT2D eigenvalue weighted by atomic mass is 35.5. The van der Waals surface area contributed by atoms with Gasteiger partial charge in [-0.15, -0.1) is 0 Å². The van der Waals surface area contributed by atoms with Crippen LogP contribution in [0.4, 0.5) is 5.69 Å². The molecule has 0 spiro atoms. The van der Waals surface area contributed by atoms with Crippen molar-refractivity contribution in [1.82, 2.24) is 9.80 Å². The fourth-order valence-corrected chi connectivity index (χ4v) is 3.81. The van der Waals surface area contributed by atoms with Crippen LogP contribution in [-0.4, -0.2) is 59.9 Å². The molecule has 5 nitrogen and oxygen atoms in total. The van der Waals surface area contributed by atoms with Crippen molar-refractivity contribution in [1.29, 1.82) is 0 Å². The molecule has 2 aliphatic heterocycles. The Morgan fingerprint density at radius 1 is 1.16 bits per heavy atom. The predicted octanol–water partition coefficient (Wildman–Crippen LogP) is 2.64. The molecule has 0 N–H and O–H groups in total. The number of piperazine rings is 1. The van der Waals surface area contributed by atoms with Gasteiger partial charge in [0.05, 0.1) is 5.92 Å². The van der Waals surface area contributed by atoms with Crippen molar-refractivity contribution in [3.63, 3.8) is 0 Å². The second-order valence-corrected chi connectivity index (χ2v) is 8.30. The highest BCUT2D eigenvalue weighted by Gasteiger charge is 2.38. The Balaban J connectivity index is 1.62. The quantitative estimate of drug-likeness (QED) is 0.811. The van der Waals surface area contributed by atoms with Gasteiger partial charge >= 0.3 is 0 Å². The average Bonchev–Trinajstić information content (AvgIpc) is 2.95. The Kier molecular flexibility index (Phi) is 5.07. The van der Waals surface area contributed by atoms with E-state index in [1.165, 1.54) is 0 Å². The lowest BCUT2D eigenvalue weighted by Crippen LogP contribution is -2.55. The number of nitrogens with zero attached hydrogens (tertiary/aromatic N) is 3. The highest BCUT2D eigenvalue weighted by Crippen LogP contribution is 2.28. The number of benzene rings is 1. The number of carbonyl (C=O) groups excluding carboxylic acids is 2. The van der Waals surface area contributed by atoms with E-state index in [2.05, 4.69) is 25.7 Å². The molecule has 2 aliphatic rings. The van der Waals surface area contributed by atoms with Gasteiger partial charge in [0.1, 0.15) is 0 Å². The Hall–Kier alpha value is -1.59. The molecule has 1 unspecified atom stereocenters. The zero-order valence-corrected chi connectivity index (χ0v) is 15.9. The fourth-order valence-electron chi connectivity index (χ4n) is 3.62. The van der Waals surface area contributed by atoms with Gasteiger partial charge in [-0.1, -0.05) is 17.7 Å². The van der Waals surface area contributed by atoms with Gasteiger partial charge in [-0.3, -0.25) is 14.5 Å². The van der Waals surface area contributed by atoms with Crippen molar-refractivity contribution >= 4 is 29.1 Å². The van der Waals surface area contributed by atoms with Crippen LogP contribution in [0.2, 0.25) is 5.02 Å². The summed E-state index contributed by atoms with van der Waals surface area (Å²) >= 11 is 6.02. The molecule has 0 aliphatic carbocycles. The topological polar surface area (TPSA) is 43.9 Å². The number of amides is 2. The van der Waals surface area contributed by atoms with Gasteiger partial charge < -0.3 is 9.80 Å². The van der Waals surface area contributed by atoms with Crippen molar-refractivity contribution in [3.05, 3.63) is 29.3 Å². The largest absolute Gasteiger partial charge is 0.340 e. The minimum absolute atomic E-state index is 0.00561. The van der Waals surface area contributed by atoms with Gasteiger partial charge in [-0.2, -0.15) is 0 Å². The maximum atomic E-state index is 12.8. The SMILES string of the molecule is CC(C)(C)N1CCN(C(=O)C2CC(=O)N(c3cccc(Cl)c3)C2)CC1. The predicted molar refractivity (Wildman–Crippen MR) is 99.8 cm³/mol. The maximum Gasteiger partial charge on any atom is 0.228 e. The first-order valence-electron chi connectivity index (χ1n) is 8.85. The van der Waals surface area contributed by atoms with Crippen molar-refractivity contribution in [2.75, 3.05) is 37.6 Å². The van der Waals surface area contributed by atoms with Crippen LogP contribution in [0, 0.1) is 5.92 Å². The van der Waals surface area contributed by atoms with E-state index in [0.717, 1.165) is 31.9 Å². The van der Waals surface area contributed by atoms with Gasteiger partial charge in [-0.25, -0.2) is 0 Å². The van der Waals surface area contributed by atoms with E-state index in [0.29, 0.717) is 11.6 Å². The van der Waals surface area contributed by atoms with Crippen LogP contribution >= 0.6 is 11.6 Å². The first-order chi connectivity index (χ1) is 11.8. The summed E-state index contributed by atoms with van der Waals surface area (Å²) in [5.41, 5.74) is 0.896. The molecule has 0 radical (unpaired) electrons. The molecule has 0 bridgehead atoms. The molecule has 3 rings (SSSR count). The Morgan fingerprint density at radius 2 is 1.84 bits per heavy atom. The minimum atomic E-state index is -0.257. The van der Waals surface area contributed by atoms with Gasteiger partial charge in [0.25, 0.3) is 0 Å². The van der Waals surface area contributed by atoms with Crippen LogP contribution in [-0.2, 0) is 9.59 Å². The number of carbonyl (C=O) groups is 2. The summed E-state index contributed by atoms with van der Waals surface area (Å²) in [6, 6.07) is 7.24. The van der Waals surface area contributed by atoms with Crippen LogP contribution in [0.25, 0.3) is 0 Å². The van der Waals surface area contributed by atoms with Crippen LogP contribution in [0.5, 0.6) is 0 Å². The Bertz CT molecular complexity index is 663. The third-order valence-corrected chi connectivity index (χ3v) is 5.37. The molecule has 6 heteroatoms. The Morgan fingerprint density at radius 3 is 2.44 bits per heavy atom. The molecule has 1 atom stereocenters. The van der Waals surface area contributed by atoms with Crippen molar-refractivity contribution < 1.29 is 9.59 Å². The summed E-state index contributed by atoms with van der Waals surface area (Å²) in [5, 5.41) is 0.596. The molecule has 25 heavy (non-hydrogen) atoms. The highest BCUT2D eigenvalue weighted by molar-refractivity contribution is 6.30. The molecule has 2 fully saturated rings. The molecular formula is C19H26ClN3O2.